The molecule has 0 bridgehead atoms. The number of esters is 1. The third kappa shape index (κ3) is 5.35. The fourth-order valence-corrected chi connectivity index (χ4v) is 3.49. The van der Waals surface area contributed by atoms with Gasteiger partial charge in [0.1, 0.15) is 19.0 Å². The minimum atomic E-state index is -3.93. The maximum absolute atomic E-state index is 13.0. The summed E-state index contributed by atoms with van der Waals surface area (Å²) in [4.78, 5) is 23.2. The standard InChI is InChI=1S/C18H17ClFNO5S/c1-12(22)13-4-7-16(8-5-13)27(24,25)21(2)10-18(23)26-11-14-3-6-15(20)9-17(14)19/h3-9H,10-11H2,1-2H3. The van der Waals surface area contributed by atoms with E-state index in [1.165, 1.54) is 50.4 Å². The highest BCUT2D eigenvalue weighted by Gasteiger charge is 2.23. The van der Waals surface area contributed by atoms with Crippen molar-refractivity contribution in [1.82, 2.24) is 4.31 Å². The maximum atomic E-state index is 13.0. The highest BCUT2D eigenvalue weighted by Crippen LogP contribution is 2.19. The zero-order chi connectivity index (χ0) is 20.2. The summed E-state index contributed by atoms with van der Waals surface area (Å²) in [5.74, 6) is -1.49. The highest BCUT2D eigenvalue weighted by molar-refractivity contribution is 7.89. The molecule has 2 rings (SSSR count). The number of sulfonamides is 1. The van der Waals surface area contributed by atoms with Crippen LogP contribution in [0, 0.1) is 5.82 Å². The molecule has 0 heterocycles. The molecule has 0 fully saturated rings. The summed E-state index contributed by atoms with van der Waals surface area (Å²) in [7, 11) is -2.69. The molecule has 2 aromatic carbocycles. The van der Waals surface area contributed by atoms with Gasteiger partial charge in [-0.2, -0.15) is 4.31 Å². The minimum Gasteiger partial charge on any atom is -0.460 e. The van der Waals surface area contributed by atoms with E-state index in [1.807, 2.05) is 0 Å². The molecular weight excluding hydrogens is 397 g/mol. The van der Waals surface area contributed by atoms with E-state index in [9.17, 15) is 22.4 Å². The van der Waals surface area contributed by atoms with E-state index in [1.54, 1.807) is 0 Å². The summed E-state index contributed by atoms with van der Waals surface area (Å²) in [6.07, 6.45) is 0. The third-order valence-corrected chi connectivity index (χ3v) is 5.89. The minimum absolute atomic E-state index is 0.0515. The summed E-state index contributed by atoms with van der Waals surface area (Å²) in [5.41, 5.74) is 0.781. The van der Waals surface area contributed by atoms with Crippen molar-refractivity contribution >= 4 is 33.4 Å². The molecule has 0 amide bonds. The van der Waals surface area contributed by atoms with E-state index in [0.29, 0.717) is 11.1 Å². The molecule has 144 valence electrons. The number of carbonyl (C=O) groups is 2. The molecule has 0 atom stereocenters. The lowest BCUT2D eigenvalue weighted by atomic mass is 10.2. The smallest absolute Gasteiger partial charge is 0.321 e. The van der Waals surface area contributed by atoms with Gasteiger partial charge in [-0.25, -0.2) is 12.8 Å². The summed E-state index contributed by atoms with van der Waals surface area (Å²) >= 11 is 5.84. The van der Waals surface area contributed by atoms with E-state index in [4.69, 9.17) is 16.3 Å². The van der Waals surface area contributed by atoms with Crippen LogP contribution < -0.4 is 0 Å². The van der Waals surface area contributed by atoms with Gasteiger partial charge in [0.2, 0.25) is 10.0 Å². The monoisotopic (exact) mass is 413 g/mol. The summed E-state index contributed by atoms with van der Waals surface area (Å²) < 4.78 is 43.8. The molecule has 2 aromatic rings. The lowest BCUT2D eigenvalue weighted by Crippen LogP contribution is -2.33. The predicted octanol–water partition coefficient (Wildman–Crippen LogP) is 3.05. The molecule has 0 radical (unpaired) electrons. The molecule has 0 spiro atoms. The van der Waals surface area contributed by atoms with Crippen LogP contribution in [0.15, 0.2) is 47.4 Å². The number of ether oxygens (including phenoxy) is 1. The van der Waals surface area contributed by atoms with Gasteiger partial charge in [-0.15, -0.1) is 0 Å². The highest BCUT2D eigenvalue weighted by atomic mass is 35.5. The molecule has 0 saturated carbocycles. The second kappa shape index (κ2) is 8.60. The number of ketones is 1. The van der Waals surface area contributed by atoms with Gasteiger partial charge in [0.05, 0.1) is 9.92 Å². The predicted molar refractivity (Wildman–Crippen MR) is 97.5 cm³/mol. The molecule has 0 N–H and O–H groups in total. The van der Waals surface area contributed by atoms with Crippen LogP contribution in [0.4, 0.5) is 4.39 Å². The van der Waals surface area contributed by atoms with Crippen molar-refractivity contribution in [3.63, 3.8) is 0 Å². The number of likely N-dealkylation sites (N-methyl/N-ethyl adjacent to an activating group) is 1. The Labute approximate surface area is 161 Å². The van der Waals surface area contributed by atoms with Crippen molar-refractivity contribution in [2.24, 2.45) is 0 Å². The first-order chi connectivity index (χ1) is 12.6. The molecule has 0 saturated heterocycles. The molecule has 0 unspecified atom stereocenters. The van der Waals surface area contributed by atoms with Crippen LogP contribution in [0.5, 0.6) is 0 Å². The van der Waals surface area contributed by atoms with Gasteiger partial charge in [-0.05, 0) is 31.2 Å². The van der Waals surface area contributed by atoms with Crippen molar-refractivity contribution in [2.45, 2.75) is 18.4 Å². The van der Waals surface area contributed by atoms with Crippen LogP contribution in [-0.2, 0) is 26.2 Å². The van der Waals surface area contributed by atoms with Crippen LogP contribution in [0.3, 0.4) is 0 Å². The Kier molecular flexibility index (Phi) is 6.69. The van der Waals surface area contributed by atoms with Crippen LogP contribution in [0.25, 0.3) is 0 Å². The quantitative estimate of drug-likeness (QED) is 0.514. The largest absolute Gasteiger partial charge is 0.460 e. The average molecular weight is 414 g/mol. The van der Waals surface area contributed by atoms with Gasteiger partial charge in [0.15, 0.2) is 5.78 Å². The Bertz CT molecular complexity index is 960. The molecule has 6 nitrogen and oxygen atoms in total. The third-order valence-electron chi connectivity index (χ3n) is 3.72. The average Bonchev–Trinajstić information content (AvgIpc) is 2.61. The van der Waals surface area contributed by atoms with Crippen LogP contribution in [0.2, 0.25) is 5.02 Å². The number of hydrogen-bond donors (Lipinski definition) is 0. The number of halogens is 2. The first-order valence-electron chi connectivity index (χ1n) is 7.78. The van der Waals surface area contributed by atoms with Crippen LogP contribution in [0.1, 0.15) is 22.8 Å². The lowest BCUT2D eigenvalue weighted by molar-refractivity contribution is -0.144. The number of benzene rings is 2. The molecule has 0 aliphatic heterocycles. The van der Waals surface area contributed by atoms with Crippen molar-refractivity contribution in [1.29, 1.82) is 0 Å². The molecular formula is C18H17ClFNO5S. The Morgan fingerprint density at radius 3 is 2.33 bits per heavy atom. The molecule has 9 heteroatoms. The lowest BCUT2D eigenvalue weighted by Gasteiger charge is -2.16. The van der Waals surface area contributed by atoms with E-state index in [2.05, 4.69) is 0 Å². The number of hydrogen-bond acceptors (Lipinski definition) is 5. The number of carbonyl (C=O) groups excluding carboxylic acids is 2. The number of nitrogens with zero attached hydrogens (tertiary/aromatic N) is 1. The van der Waals surface area contributed by atoms with Crippen LogP contribution in [-0.4, -0.2) is 38.1 Å². The zero-order valence-corrected chi connectivity index (χ0v) is 16.2. The van der Waals surface area contributed by atoms with E-state index >= 15 is 0 Å². The van der Waals surface area contributed by atoms with E-state index in [-0.39, 0.29) is 22.3 Å². The molecule has 0 aromatic heterocycles. The van der Waals surface area contributed by atoms with Gasteiger partial charge >= 0.3 is 5.97 Å². The summed E-state index contributed by atoms with van der Waals surface area (Å²) in [6.45, 7) is 0.647. The van der Waals surface area contributed by atoms with Gasteiger partial charge < -0.3 is 4.74 Å². The fourth-order valence-electron chi connectivity index (χ4n) is 2.15. The van der Waals surface area contributed by atoms with E-state index < -0.39 is 28.4 Å². The topological polar surface area (TPSA) is 80.8 Å². The first kappa shape index (κ1) is 21.0. The van der Waals surface area contributed by atoms with Crippen molar-refractivity contribution in [2.75, 3.05) is 13.6 Å². The Morgan fingerprint density at radius 2 is 1.78 bits per heavy atom. The Hall–Kier alpha value is -2.29. The second-order valence-electron chi connectivity index (χ2n) is 5.74. The summed E-state index contributed by atoms with van der Waals surface area (Å²) in [5, 5.41) is 0.106. The zero-order valence-electron chi connectivity index (χ0n) is 14.6. The SMILES string of the molecule is CC(=O)c1ccc(S(=O)(=O)N(C)CC(=O)OCc2ccc(F)cc2Cl)cc1. The van der Waals surface area contributed by atoms with Gasteiger partial charge in [-0.1, -0.05) is 29.8 Å². The molecule has 0 aliphatic rings. The van der Waals surface area contributed by atoms with Gasteiger partial charge in [-0.3, -0.25) is 9.59 Å². The Balaban J connectivity index is 2.00. The van der Waals surface area contributed by atoms with Gasteiger partial charge in [0.25, 0.3) is 0 Å². The van der Waals surface area contributed by atoms with E-state index in [0.717, 1.165) is 10.4 Å². The molecule has 0 aliphatic carbocycles. The maximum Gasteiger partial charge on any atom is 0.321 e. The fraction of sp³-hybridized carbons (Fsp3) is 0.222. The summed E-state index contributed by atoms with van der Waals surface area (Å²) in [6, 6.07) is 9.04. The second-order valence-corrected chi connectivity index (χ2v) is 8.19. The number of rotatable bonds is 7. The van der Waals surface area contributed by atoms with Crippen molar-refractivity contribution in [3.8, 4) is 0 Å². The first-order valence-corrected chi connectivity index (χ1v) is 9.60. The van der Waals surface area contributed by atoms with Gasteiger partial charge in [0, 0.05) is 18.2 Å². The normalized spacial score (nSPS) is 11.4. The number of Topliss-reactive ketones (excluding diaryl/α,β-unsaturated/α-hetero) is 1. The van der Waals surface area contributed by atoms with Crippen LogP contribution >= 0.6 is 11.6 Å². The van der Waals surface area contributed by atoms with Crippen molar-refractivity contribution < 1.29 is 27.1 Å². The molecule has 27 heavy (non-hydrogen) atoms. The van der Waals surface area contributed by atoms with Crippen molar-refractivity contribution in [3.05, 3.63) is 64.4 Å². The Morgan fingerprint density at radius 1 is 1.15 bits per heavy atom.